The fourth-order valence-corrected chi connectivity index (χ4v) is 13.5. The zero-order valence-electron chi connectivity index (χ0n) is 31.8. The highest BCUT2D eigenvalue weighted by atomic mass is 32.3. The maximum atomic E-state index is 7.09. The van der Waals surface area contributed by atoms with Gasteiger partial charge in [-0.1, -0.05) is 170 Å². The number of furan rings is 1. The summed E-state index contributed by atoms with van der Waals surface area (Å²) >= 11 is 0. The van der Waals surface area contributed by atoms with Crippen LogP contribution in [-0.4, -0.2) is 0 Å². The molecule has 0 saturated heterocycles. The van der Waals surface area contributed by atoms with Crippen molar-refractivity contribution in [3.63, 3.8) is 0 Å². The van der Waals surface area contributed by atoms with Gasteiger partial charge in [-0.3, -0.25) is 0 Å². The molecule has 0 N–H and O–H groups in total. The van der Waals surface area contributed by atoms with Crippen molar-refractivity contribution in [3.05, 3.63) is 259 Å². The number of rotatable bonds is 7. The summed E-state index contributed by atoms with van der Waals surface area (Å²) in [6.45, 7) is 0. The molecule has 58 heavy (non-hydrogen) atoms. The lowest BCUT2D eigenvalue weighted by Gasteiger charge is -2.47. The lowest BCUT2D eigenvalue weighted by molar-refractivity contribution is 0.659. The van der Waals surface area contributed by atoms with E-state index in [-0.39, 0.29) is 0 Å². The highest BCUT2D eigenvalue weighted by molar-refractivity contribution is 8.34. The fraction of sp³-hybridized carbons (Fsp3) is 0.0182. The maximum Gasteiger partial charge on any atom is 0.148 e. The second-order valence-corrected chi connectivity index (χ2v) is 17.9. The third-order valence-electron chi connectivity index (χ3n) is 11.8. The summed E-state index contributed by atoms with van der Waals surface area (Å²) in [6, 6.07) is 86.6. The molecule has 3 heteroatoms. The first kappa shape index (κ1) is 34.2. The molecule has 9 aromatic carbocycles. The monoisotopic (exact) mass is 761 g/mol. The maximum absolute atomic E-state index is 7.09. The van der Waals surface area contributed by atoms with Crippen molar-refractivity contribution >= 4 is 49.0 Å². The second kappa shape index (κ2) is 13.8. The molecule has 0 spiro atoms. The number of fused-ring (bicyclic) bond motifs is 5. The Hall–Kier alpha value is -7.07. The molecule has 0 aliphatic carbocycles. The summed E-state index contributed by atoms with van der Waals surface area (Å²) in [4.78, 5) is 7.41. The van der Waals surface area contributed by atoms with Crippen LogP contribution in [0.1, 0.15) is 22.3 Å². The Morgan fingerprint density at radius 1 is 0.379 bits per heavy atom. The summed E-state index contributed by atoms with van der Waals surface area (Å²) in [7, 11) is -2.13. The molecule has 0 amide bonds. The van der Waals surface area contributed by atoms with Crippen molar-refractivity contribution in [3.8, 4) is 0 Å². The molecule has 0 bridgehead atoms. The van der Waals surface area contributed by atoms with Gasteiger partial charge in [0.1, 0.15) is 11.2 Å². The Kier molecular flexibility index (Phi) is 8.16. The van der Waals surface area contributed by atoms with Crippen molar-refractivity contribution in [1.82, 2.24) is 0 Å². The highest BCUT2D eigenvalue weighted by Gasteiger charge is 2.47. The lowest BCUT2D eigenvalue weighted by atomic mass is 9.62. The normalized spacial score (nSPS) is 13.6. The van der Waals surface area contributed by atoms with Gasteiger partial charge in [0.05, 0.1) is 16.8 Å². The molecule has 2 heterocycles. The van der Waals surface area contributed by atoms with Crippen LogP contribution in [0.15, 0.2) is 261 Å². The predicted octanol–water partition coefficient (Wildman–Crippen LogP) is 15.1. The molecule has 0 fully saturated rings. The van der Waals surface area contributed by atoms with E-state index in [1.54, 1.807) is 0 Å². The molecule has 1 aliphatic heterocycles. The van der Waals surface area contributed by atoms with Crippen LogP contribution >= 0.6 is 10.0 Å². The molecule has 276 valence electrons. The van der Waals surface area contributed by atoms with Crippen LogP contribution in [-0.2, 0) is 5.41 Å². The first-order valence-electron chi connectivity index (χ1n) is 19.8. The Morgan fingerprint density at radius 2 is 0.793 bits per heavy atom. The molecule has 1 aliphatic rings. The third kappa shape index (κ3) is 5.00. The van der Waals surface area contributed by atoms with Crippen LogP contribution < -0.4 is 4.90 Å². The topological polar surface area (TPSA) is 16.4 Å². The number of benzene rings is 9. The van der Waals surface area contributed by atoms with Gasteiger partial charge >= 0.3 is 0 Å². The first-order chi connectivity index (χ1) is 28.8. The van der Waals surface area contributed by atoms with Gasteiger partial charge in [-0.2, -0.15) is 0 Å². The van der Waals surface area contributed by atoms with Crippen molar-refractivity contribution in [1.29, 1.82) is 0 Å². The number of para-hydroxylation sites is 3. The van der Waals surface area contributed by atoms with Crippen molar-refractivity contribution in [2.24, 2.45) is 0 Å². The van der Waals surface area contributed by atoms with Crippen molar-refractivity contribution in [2.75, 3.05) is 4.90 Å². The molecule has 10 aromatic rings. The molecule has 1 aromatic heterocycles. The van der Waals surface area contributed by atoms with Crippen molar-refractivity contribution in [2.45, 2.75) is 25.0 Å². The van der Waals surface area contributed by atoms with Gasteiger partial charge in [0.2, 0.25) is 0 Å². The van der Waals surface area contributed by atoms with E-state index in [2.05, 4.69) is 241 Å². The van der Waals surface area contributed by atoms with Gasteiger partial charge < -0.3 is 9.32 Å². The van der Waals surface area contributed by atoms with E-state index in [1.165, 1.54) is 36.9 Å². The van der Waals surface area contributed by atoms with E-state index in [0.29, 0.717) is 0 Å². The van der Waals surface area contributed by atoms with Crippen LogP contribution in [0.4, 0.5) is 17.1 Å². The highest BCUT2D eigenvalue weighted by Crippen LogP contribution is 2.75. The van der Waals surface area contributed by atoms with E-state index in [1.807, 2.05) is 0 Å². The van der Waals surface area contributed by atoms with Crippen molar-refractivity contribution < 1.29 is 4.42 Å². The van der Waals surface area contributed by atoms with E-state index >= 15 is 0 Å². The number of hydrogen-bond donors (Lipinski definition) is 0. The van der Waals surface area contributed by atoms with E-state index in [9.17, 15) is 0 Å². The number of anilines is 3. The first-order valence-corrected chi connectivity index (χ1v) is 21.5. The third-order valence-corrected chi connectivity index (χ3v) is 15.7. The largest absolute Gasteiger partial charge is 0.455 e. The molecule has 2 nitrogen and oxygen atoms in total. The minimum absolute atomic E-state index is 0.561. The van der Waals surface area contributed by atoms with Crippen LogP contribution in [0, 0.1) is 0 Å². The summed E-state index contributed by atoms with van der Waals surface area (Å²) in [5, 5.41) is 2.20. The smallest absolute Gasteiger partial charge is 0.148 e. The zero-order valence-corrected chi connectivity index (χ0v) is 32.6. The predicted molar refractivity (Wildman–Crippen MR) is 240 cm³/mol. The second-order valence-electron chi connectivity index (χ2n) is 14.8. The minimum Gasteiger partial charge on any atom is -0.455 e. The molecular weight excluding hydrogens is 723 g/mol. The van der Waals surface area contributed by atoms with Gasteiger partial charge in [-0.25, -0.2) is 0 Å². The van der Waals surface area contributed by atoms with Gasteiger partial charge in [0.25, 0.3) is 0 Å². The fourth-order valence-electron chi connectivity index (χ4n) is 9.49. The van der Waals surface area contributed by atoms with Gasteiger partial charge in [-0.15, -0.1) is 10.0 Å². The summed E-state index contributed by atoms with van der Waals surface area (Å²) in [6.07, 6.45) is 0. The molecule has 11 rings (SSSR count). The SMILES string of the molecule is c1ccc(C2(c3ccccc3)c3ccccc3N(c3cc(S(c4ccccc4)(c4ccccc4)c4ccccc4)c4oc5ccccc5c4c3)c3ccccc32)cc1. The Balaban J connectivity index is 1.29. The molecular formula is C55H39NOS. The van der Waals surface area contributed by atoms with Crippen LogP contribution in [0.2, 0.25) is 0 Å². The van der Waals surface area contributed by atoms with E-state index in [0.717, 1.165) is 43.9 Å². The molecule has 0 radical (unpaired) electrons. The van der Waals surface area contributed by atoms with Gasteiger partial charge in [0.15, 0.2) is 0 Å². The van der Waals surface area contributed by atoms with E-state index in [4.69, 9.17) is 4.42 Å². The van der Waals surface area contributed by atoms with E-state index < -0.39 is 15.4 Å². The standard InChI is InChI=1S/C55H39NOS/c1-6-22-40(23-7-1)55(41-24-8-2-9-25-41)48-33-17-19-35-50(48)56(51-36-20-18-34-49(51)55)42-38-47-46-32-16-21-37-52(46)57-54(47)53(39-42)58(43-26-10-3-11-27-43,44-28-12-4-13-29-44)45-30-14-5-15-31-45/h1-39H. The van der Waals surface area contributed by atoms with Gasteiger partial charge in [0, 0.05) is 36.0 Å². The van der Waals surface area contributed by atoms with Crippen LogP contribution in [0.5, 0.6) is 0 Å². The molecule has 0 atom stereocenters. The Bertz CT molecular complexity index is 2870. The van der Waals surface area contributed by atoms with Crippen LogP contribution in [0.3, 0.4) is 0 Å². The average molecular weight is 762 g/mol. The summed E-state index contributed by atoms with van der Waals surface area (Å²) in [5.41, 5.74) is 9.55. The minimum atomic E-state index is -2.13. The Labute approximate surface area is 340 Å². The summed E-state index contributed by atoms with van der Waals surface area (Å²) < 4.78 is 7.09. The average Bonchev–Trinajstić information content (AvgIpc) is 3.69. The van der Waals surface area contributed by atoms with Crippen LogP contribution in [0.25, 0.3) is 21.9 Å². The number of hydrogen-bond acceptors (Lipinski definition) is 2. The zero-order chi connectivity index (χ0) is 38.5. The quantitative estimate of drug-likeness (QED) is 0.161. The summed E-state index contributed by atoms with van der Waals surface area (Å²) in [5.74, 6) is 0. The lowest BCUT2D eigenvalue weighted by Crippen LogP contribution is -2.37. The molecule has 0 unspecified atom stereocenters. The molecule has 0 saturated carbocycles. The van der Waals surface area contributed by atoms with Gasteiger partial charge in [-0.05, 0) is 89.0 Å². The number of nitrogens with zero attached hydrogens (tertiary/aromatic N) is 1. The Morgan fingerprint density at radius 3 is 1.29 bits per heavy atom.